The fourth-order valence-corrected chi connectivity index (χ4v) is 1.28. The molecule has 0 saturated heterocycles. The Morgan fingerprint density at radius 3 is 3.29 bits per heavy atom. The molecule has 1 heterocycles. The van der Waals surface area contributed by atoms with Gasteiger partial charge in [-0.1, -0.05) is 6.07 Å². The third kappa shape index (κ3) is 1.74. The highest BCUT2D eigenvalue weighted by atomic mass is 16.5. The average Bonchev–Trinajstić information content (AvgIpc) is 2.65. The van der Waals surface area contributed by atoms with E-state index in [2.05, 4.69) is 9.72 Å². The van der Waals surface area contributed by atoms with Crippen LogP contribution in [-0.4, -0.2) is 18.1 Å². The van der Waals surface area contributed by atoms with Crippen LogP contribution in [0.15, 0.2) is 29.0 Å². The minimum Gasteiger partial charge on any atom is -0.468 e. The number of hydrogen-bond donors (Lipinski definition) is 0. The number of rotatable bonds is 4. The van der Waals surface area contributed by atoms with Crippen molar-refractivity contribution in [3.8, 4) is 0 Å². The molecule has 0 aliphatic rings. The highest BCUT2D eigenvalue weighted by Gasteiger charge is 1.99. The summed E-state index contributed by atoms with van der Waals surface area (Å²) in [6.45, 7) is 0.849. The second-order valence-electron chi connectivity index (χ2n) is 2.87. The Labute approximate surface area is 80.5 Å². The lowest BCUT2D eigenvalue weighted by molar-refractivity contribution is -0.128. The molecule has 2 rings (SSSR count). The Morgan fingerprint density at radius 1 is 1.50 bits per heavy atom. The van der Waals surface area contributed by atoms with Gasteiger partial charge in [-0.15, -0.1) is 0 Å². The number of carbonyl (C=O) groups excluding carboxylic acids is 1. The summed E-state index contributed by atoms with van der Waals surface area (Å²) in [5.74, 6) is 0. The van der Waals surface area contributed by atoms with Crippen LogP contribution in [0.2, 0.25) is 0 Å². The zero-order valence-corrected chi connectivity index (χ0v) is 7.47. The number of nitrogens with zero attached hydrogens (tertiary/aromatic N) is 1. The van der Waals surface area contributed by atoms with E-state index in [1.807, 2.05) is 18.2 Å². The summed E-state index contributed by atoms with van der Waals surface area (Å²) in [4.78, 5) is 13.9. The smallest absolute Gasteiger partial charge is 0.293 e. The molecule has 72 valence electrons. The van der Waals surface area contributed by atoms with E-state index in [9.17, 15) is 4.79 Å². The minimum atomic E-state index is 0.396. The lowest BCUT2D eigenvalue weighted by atomic mass is 10.1. The molecule has 1 aromatic carbocycles. The predicted octanol–water partition coefficient (Wildman–Crippen LogP) is 1.54. The summed E-state index contributed by atoms with van der Waals surface area (Å²) >= 11 is 0. The fourth-order valence-electron chi connectivity index (χ4n) is 1.28. The van der Waals surface area contributed by atoms with E-state index >= 15 is 0 Å². The van der Waals surface area contributed by atoms with Gasteiger partial charge in [-0.3, -0.25) is 4.79 Å². The van der Waals surface area contributed by atoms with Crippen LogP contribution < -0.4 is 0 Å². The number of oxazole rings is 1. The molecule has 0 bridgehead atoms. The van der Waals surface area contributed by atoms with Crippen LogP contribution in [0.1, 0.15) is 5.56 Å². The molecular weight excluding hydrogens is 182 g/mol. The van der Waals surface area contributed by atoms with Crippen molar-refractivity contribution in [2.75, 3.05) is 6.61 Å². The first kappa shape index (κ1) is 8.74. The first-order valence-corrected chi connectivity index (χ1v) is 4.27. The Balaban J connectivity index is 2.13. The van der Waals surface area contributed by atoms with Crippen LogP contribution in [0.4, 0.5) is 0 Å². The summed E-state index contributed by atoms with van der Waals surface area (Å²) in [7, 11) is 0. The largest absolute Gasteiger partial charge is 0.468 e. The maximum Gasteiger partial charge on any atom is 0.293 e. The molecule has 0 spiro atoms. The van der Waals surface area contributed by atoms with Gasteiger partial charge >= 0.3 is 0 Å². The molecule has 0 atom stereocenters. The monoisotopic (exact) mass is 191 g/mol. The maximum atomic E-state index is 9.92. The molecule has 14 heavy (non-hydrogen) atoms. The molecule has 0 N–H and O–H groups in total. The zero-order chi connectivity index (χ0) is 9.80. The molecule has 1 aromatic heterocycles. The highest BCUT2D eigenvalue weighted by molar-refractivity contribution is 5.72. The van der Waals surface area contributed by atoms with Gasteiger partial charge in [0, 0.05) is 6.42 Å². The average molecular weight is 191 g/mol. The molecule has 2 aromatic rings. The quantitative estimate of drug-likeness (QED) is 0.543. The van der Waals surface area contributed by atoms with Crippen molar-refractivity contribution in [3.05, 3.63) is 30.2 Å². The number of fused-ring (bicyclic) bond motifs is 1. The second kappa shape index (κ2) is 3.91. The lowest BCUT2D eigenvalue weighted by Crippen LogP contribution is -1.96. The molecule has 0 amide bonds. The van der Waals surface area contributed by atoms with Gasteiger partial charge in [0.1, 0.15) is 5.52 Å². The number of ether oxygens (including phenoxy) is 1. The first-order chi connectivity index (χ1) is 6.90. The number of carbonyl (C=O) groups is 1. The van der Waals surface area contributed by atoms with Crippen LogP contribution in [0.25, 0.3) is 11.1 Å². The van der Waals surface area contributed by atoms with Gasteiger partial charge in [-0.25, -0.2) is 4.98 Å². The van der Waals surface area contributed by atoms with E-state index in [4.69, 9.17) is 4.42 Å². The van der Waals surface area contributed by atoms with Crippen LogP contribution in [0.3, 0.4) is 0 Å². The number of hydrogen-bond acceptors (Lipinski definition) is 4. The van der Waals surface area contributed by atoms with Gasteiger partial charge in [0.25, 0.3) is 6.47 Å². The second-order valence-corrected chi connectivity index (χ2v) is 2.87. The summed E-state index contributed by atoms with van der Waals surface area (Å²) in [5.41, 5.74) is 2.67. The van der Waals surface area contributed by atoms with Crippen LogP contribution in [0, 0.1) is 0 Å². The number of benzene rings is 1. The normalized spacial score (nSPS) is 10.3. The molecular formula is C10H9NO3. The minimum absolute atomic E-state index is 0.396. The summed E-state index contributed by atoms with van der Waals surface area (Å²) in [6.07, 6.45) is 2.11. The zero-order valence-electron chi connectivity index (χ0n) is 7.47. The highest BCUT2D eigenvalue weighted by Crippen LogP contribution is 2.14. The summed E-state index contributed by atoms with van der Waals surface area (Å²) in [6, 6.07) is 5.72. The Bertz CT molecular complexity index is 436. The molecule has 4 nitrogen and oxygen atoms in total. The molecule has 0 unspecified atom stereocenters. The van der Waals surface area contributed by atoms with E-state index in [0.717, 1.165) is 16.7 Å². The molecule has 0 radical (unpaired) electrons. The van der Waals surface area contributed by atoms with Crippen molar-refractivity contribution in [1.82, 2.24) is 4.98 Å². The predicted molar refractivity (Wildman–Crippen MR) is 49.7 cm³/mol. The van der Waals surface area contributed by atoms with Crippen LogP contribution in [0.5, 0.6) is 0 Å². The van der Waals surface area contributed by atoms with Crippen LogP contribution in [-0.2, 0) is 16.0 Å². The third-order valence-corrected chi connectivity index (χ3v) is 1.97. The molecule has 0 fully saturated rings. The van der Waals surface area contributed by atoms with Gasteiger partial charge < -0.3 is 9.15 Å². The molecule has 0 aliphatic carbocycles. The first-order valence-electron chi connectivity index (χ1n) is 4.27. The Morgan fingerprint density at radius 2 is 2.43 bits per heavy atom. The molecule has 0 saturated carbocycles. The van der Waals surface area contributed by atoms with E-state index in [1.54, 1.807) is 0 Å². The van der Waals surface area contributed by atoms with Crippen molar-refractivity contribution in [2.24, 2.45) is 0 Å². The van der Waals surface area contributed by atoms with Gasteiger partial charge in [0.2, 0.25) is 0 Å². The van der Waals surface area contributed by atoms with E-state index in [-0.39, 0.29) is 0 Å². The Hall–Kier alpha value is -1.84. The lowest BCUT2D eigenvalue weighted by Gasteiger charge is -1.98. The summed E-state index contributed by atoms with van der Waals surface area (Å²) in [5, 5.41) is 0. The Kier molecular flexibility index (Phi) is 2.44. The molecule has 4 heteroatoms. The van der Waals surface area contributed by atoms with Gasteiger partial charge in [-0.05, 0) is 17.7 Å². The van der Waals surface area contributed by atoms with E-state index < -0.39 is 0 Å². The van der Waals surface area contributed by atoms with Crippen molar-refractivity contribution in [2.45, 2.75) is 6.42 Å². The van der Waals surface area contributed by atoms with Crippen molar-refractivity contribution in [1.29, 1.82) is 0 Å². The van der Waals surface area contributed by atoms with Gasteiger partial charge in [0.05, 0.1) is 6.61 Å². The fraction of sp³-hybridized carbons (Fsp3) is 0.200. The van der Waals surface area contributed by atoms with Gasteiger partial charge in [0.15, 0.2) is 12.0 Å². The van der Waals surface area contributed by atoms with Crippen LogP contribution >= 0.6 is 0 Å². The summed E-state index contributed by atoms with van der Waals surface area (Å²) < 4.78 is 9.71. The SMILES string of the molecule is O=COCCc1ccc2ocnc2c1. The molecule has 0 aliphatic heterocycles. The van der Waals surface area contributed by atoms with E-state index in [1.165, 1.54) is 6.39 Å². The van der Waals surface area contributed by atoms with Crippen molar-refractivity contribution >= 4 is 17.6 Å². The number of aromatic nitrogens is 1. The third-order valence-electron chi connectivity index (χ3n) is 1.97. The standard InChI is InChI=1S/C10H9NO3/c12-7-13-4-3-8-1-2-10-9(5-8)11-6-14-10/h1-2,5-7H,3-4H2. The maximum absolute atomic E-state index is 9.92. The van der Waals surface area contributed by atoms with E-state index in [0.29, 0.717) is 19.5 Å². The van der Waals surface area contributed by atoms with Crippen molar-refractivity contribution in [3.63, 3.8) is 0 Å². The van der Waals surface area contributed by atoms with Crippen molar-refractivity contribution < 1.29 is 13.9 Å². The van der Waals surface area contributed by atoms with Gasteiger partial charge in [-0.2, -0.15) is 0 Å². The topological polar surface area (TPSA) is 52.3 Å².